The molecule has 7 unspecified atom stereocenters. The first-order valence-electron chi connectivity index (χ1n) is 15.3. The Hall–Kier alpha value is -2.63. The van der Waals surface area contributed by atoms with Gasteiger partial charge in [-0.2, -0.15) is 4.57 Å². The number of aromatic nitrogens is 2. The Kier molecular flexibility index (Phi) is 8.21. The maximum Gasteiger partial charge on any atom is 0.358 e. The Bertz CT molecular complexity index is 1180. The van der Waals surface area contributed by atoms with Crippen LogP contribution in [0, 0.1) is 35.5 Å². The predicted octanol–water partition coefficient (Wildman–Crippen LogP) is 7.17. The lowest BCUT2D eigenvalue weighted by Gasteiger charge is -2.38. The second-order valence-electron chi connectivity index (χ2n) is 13.4. The standard InChI is InChI=1S/C33H47N3O3/c1-19(2)25-11-8-21(5)14-29(25)38-24-10-13-27(28-18-36-32(17-34-28)35-23(7)33(36)37)31(16-24)39-30-15-22(6)9-12-26(30)20(3)4/h10,13,16-23,25-26,29-30H,8-9,11-12,14-15H2,1-7H3/p+1. The fraction of sp³-hybridized carbons (Fsp3) is 0.667. The van der Waals surface area contributed by atoms with E-state index in [1.54, 1.807) is 10.8 Å². The molecule has 6 nitrogen and oxygen atoms in total. The van der Waals surface area contributed by atoms with Crippen molar-refractivity contribution in [1.82, 2.24) is 4.98 Å². The van der Waals surface area contributed by atoms with E-state index in [9.17, 15) is 4.79 Å². The number of nitrogens with one attached hydrogen (secondary N) is 1. The van der Waals surface area contributed by atoms with Crippen LogP contribution in [0.15, 0.2) is 30.6 Å². The van der Waals surface area contributed by atoms with Crippen LogP contribution < -0.4 is 19.4 Å². The number of carbonyl (C=O) groups is 1. The monoisotopic (exact) mass is 534 g/mol. The van der Waals surface area contributed by atoms with Crippen LogP contribution in [-0.4, -0.2) is 29.1 Å². The largest absolute Gasteiger partial charge is 0.490 e. The summed E-state index contributed by atoms with van der Waals surface area (Å²) in [4.78, 5) is 17.5. The van der Waals surface area contributed by atoms with Gasteiger partial charge in [0.1, 0.15) is 41.8 Å². The lowest BCUT2D eigenvalue weighted by atomic mass is 9.75. The summed E-state index contributed by atoms with van der Waals surface area (Å²) in [5.41, 5.74) is 1.64. The highest BCUT2D eigenvalue weighted by molar-refractivity contribution is 5.81. The van der Waals surface area contributed by atoms with Crippen molar-refractivity contribution in [1.29, 1.82) is 0 Å². The Morgan fingerprint density at radius 3 is 2.13 bits per heavy atom. The van der Waals surface area contributed by atoms with E-state index in [1.165, 1.54) is 25.7 Å². The predicted molar refractivity (Wildman–Crippen MR) is 155 cm³/mol. The van der Waals surface area contributed by atoms with Crippen molar-refractivity contribution in [3.8, 4) is 22.8 Å². The summed E-state index contributed by atoms with van der Waals surface area (Å²) in [6.07, 6.45) is 11.0. The average molecular weight is 535 g/mol. The SMILES string of the molecule is CC1CCC(C(C)C)C(Oc2ccc(-c3c[n+]4c(cn3)NC(C)C4=O)c(OC3CC(C)CCC3C(C)C)c2)C1. The summed E-state index contributed by atoms with van der Waals surface area (Å²) >= 11 is 0. The van der Waals surface area contributed by atoms with Crippen molar-refractivity contribution in [3.05, 3.63) is 30.6 Å². The first-order chi connectivity index (χ1) is 18.6. The molecule has 0 amide bonds. The number of benzene rings is 1. The van der Waals surface area contributed by atoms with Gasteiger partial charge in [-0.1, -0.05) is 54.4 Å². The van der Waals surface area contributed by atoms with Gasteiger partial charge in [-0.05, 0) is 80.2 Å². The number of fused-ring (bicyclic) bond motifs is 1. The number of nitrogens with zero attached hydrogens (tertiary/aromatic N) is 2. The molecule has 1 aromatic carbocycles. The minimum Gasteiger partial charge on any atom is -0.490 e. The van der Waals surface area contributed by atoms with Crippen molar-refractivity contribution >= 4 is 11.7 Å². The molecule has 0 spiro atoms. The zero-order chi connectivity index (χ0) is 27.8. The fourth-order valence-electron chi connectivity index (χ4n) is 7.06. The molecule has 2 aromatic rings. The van der Waals surface area contributed by atoms with E-state index in [0.29, 0.717) is 35.5 Å². The number of rotatable bonds is 7. The molecule has 5 rings (SSSR count). The van der Waals surface area contributed by atoms with Crippen molar-refractivity contribution in [3.63, 3.8) is 0 Å². The number of anilines is 1. The van der Waals surface area contributed by atoms with Gasteiger partial charge in [-0.25, -0.2) is 9.78 Å². The third kappa shape index (κ3) is 5.95. The summed E-state index contributed by atoms with van der Waals surface area (Å²) in [5.74, 6) is 5.97. The van der Waals surface area contributed by atoms with E-state index < -0.39 is 0 Å². The lowest BCUT2D eigenvalue weighted by molar-refractivity contribution is -0.552. The molecule has 3 aliphatic rings. The second kappa shape index (κ2) is 11.5. The highest BCUT2D eigenvalue weighted by Gasteiger charge is 2.37. The molecular formula is C33H48N3O3+. The van der Waals surface area contributed by atoms with Gasteiger partial charge in [-0.15, -0.1) is 0 Å². The van der Waals surface area contributed by atoms with E-state index in [-0.39, 0.29) is 24.2 Å². The van der Waals surface area contributed by atoms with Gasteiger partial charge in [0, 0.05) is 11.6 Å². The Labute approximate surface area is 234 Å². The fourth-order valence-corrected chi connectivity index (χ4v) is 7.06. The van der Waals surface area contributed by atoms with Crippen LogP contribution in [0.4, 0.5) is 5.82 Å². The van der Waals surface area contributed by atoms with Crippen LogP contribution in [0.2, 0.25) is 0 Å². The van der Waals surface area contributed by atoms with Crippen LogP contribution in [0.3, 0.4) is 0 Å². The van der Waals surface area contributed by atoms with Crippen LogP contribution in [0.5, 0.6) is 11.5 Å². The number of carbonyl (C=O) groups excluding carboxylic acids is 1. The summed E-state index contributed by atoms with van der Waals surface area (Å²) < 4.78 is 15.4. The number of hydrogen-bond donors (Lipinski definition) is 1. The van der Waals surface area contributed by atoms with Crippen LogP contribution in [0.25, 0.3) is 11.3 Å². The Balaban J connectivity index is 1.50. The van der Waals surface area contributed by atoms with Gasteiger partial charge in [0.05, 0.1) is 0 Å². The molecule has 7 atom stereocenters. The first-order valence-corrected chi connectivity index (χ1v) is 15.3. The number of hydrogen-bond acceptors (Lipinski definition) is 5. The van der Waals surface area contributed by atoms with Gasteiger partial charge in [0.25, 0.3) is 0 Å². The highest BCUT2D eigenvalue weighted by Crippen LogP contribution is 2.41. The molecule has 2 fully saturated rings. The molecule has 2 aliphatic carbocycles. The highest BCUT2D eigenvalue weighted by atomic mass is 16.5. The van der Waals surface area contributed by atoms with Crippen molar-refractivity contribution in [2.45, 2.75) is 105 Å². The van der Waals surface area contributed by atoms with Crippen molar-refractivity contribution in [2.75, 3.05) is 5.32 Å². The van der Waals surface area contributed by atoms with Crippen molar-refractivity contribution < 1.29 is 18.8 Å². The average Bonchev–Trinajstić information content (AvgIpc) is 3.16. The van der Waals surface area contributed by atoms with Crippen LogP contribution in [0.1, 0.15) is 91.8 Å². The van der Waals surface area contributed by atoms with Gasteiger partial charge in [0.2, 0.25) is 0 Å². The van der Waals surface area contributed by atoms with E-state index in [1.807, 2.05) is 13.1 Å². The van der Waals surface area contributed by atoms with Crippen molar-refractivity contribution in [2.24, 2.45) is 35.5 Å². The number of ether oxygens (including phenoxy) is 2. The van der Waals surface area contributed by atoms with E-state index in [2.05, 4.69) is 65.1 Å². The smallest absolute Gasteiger partial charge is 0.358 e. The molecule has 1 N–H and O–H groups in total. The molecule has 0 saturated heterocycles. The third-order valence-electron chi connectivity index (χ3n) is 9.53. The molecule has 1 aromatic heterocycles. The molecule has 0 radical (unpaired) electrons. The van der Waals surface area contributed by atoms with Gasteiger partial charge >= 0.3 is 11.7 Å². The zero-order valence-corrected chi connectivity index (χ0v) is 24.9. The second-order valence-corrected chi connectivity index (χ2v) is 13.4. The topological polar surface area (TPSA) is 64.3 Å². The quantitative estimate of drug-likeness (QED) is 0.382. The normalized spacial score (nSPS) is 30.8. The van der Waals surface area contributed by atoms with Gasteiger partial charge in [-0.3, -0.25) is 5.32 Å². The van der Waals surface area contributed by atoms with Crippen LogP contribution in [-0.2, 0) is 0 Å². The van der Waals surface area contributed by atoms with E-state index in [4.69, 9.17) is 14.5 Å². The molecule has 6 heteroatoms. The minimum atomic E-state index is -0.254. The molecule has 0 bridgehead atoms. The summed E-state index contributed by atoms with van der Waals surface area (Å²) in [6.45, 7) is 15.8. The molecular weight excluding hydrogens is 486 g/mol. The van der Waals surface area contributed by atoms with Crippen LogP contribution >= 0.6 is 0 Å². The van der Waals surface area contributed by atoms with E-state index in [0.717, 1.165) is 41.4 Å². The van der Waals surface area contributed by atoms with Gasteiger partial charge < -0.3 is 9.47 Å². The summed E-state index contributed by atoms with van der Waals surface area (Å²) in [6, 6.07) is 5.97. The van der Waals surface area contributed by atoms with E-state index >= 15 is 0 Å². The summed E-state index contributed by atoms with van der Waals surface area (Å²) in [7, 11) is 0. The molecule has 2 heterocycles. The first kappa shape index (κ1) is 27.9. The zero-order valence-electron chi connectivity index (χ0n) is 24.9. The molecule has 2 saturated carbocycles. The molecule has 1 aliphatic heterocycles. The lowest BCUT2D eigenvalue weighted by Crippen LogP contribution is -2.42. The molecule has 39 heavy (non-hydrogen) atoms. The maximum absolute atomic E-state index is 12.7. The Morgan fingerprint density at radius 2 is 1.51 bits per heavy atom. The minimum absolute atomic E-state index is 0.0307. The molecule has 212 valence electrons. The van der Waals surface area contributed by atoms with Gasteiger partial charge in [0.15, 0.2) is 6.04 Å². The maximum atomic E-state index is 12.7. The summed E-state index contributed by atoms with van der Waals surface area (Å²) in [5, 5.41) is 3.20. The Morgan fingerprint density at radius 1 is 0.897 bits per heavy atom. The third-order valence-corrected chi connectivity index (χ3v) is 9.53.